The molecule has 4 heteroatoms. The van der Waals surface area contributed by atoms with Crippen molar-refractivity contribution in [2.24, 2.45) is 0 Å². The second kappa shape index (κ2) is 15.5. The lowest BCUT2D eigenvalue weighted by Crippen LogP contribution is -2.00. The molecule has 11 rings (SSSR count). The molecular weight excluding hydrogens is 741 g/mol. The van der Waals surface area contributed by atoms with Crippen LogP contribution in [0.25, 0.3) is 106 Å². The largest absolute Gasteiger partial charge is 0.309 e. The van der Waals surface area contributed by atoms with Crippen molar-refractivity contribution < 1.29 is 0 Å². The summed E-state index contributed by atoms with van der Waals surface area (Å²) in [6.45, 7) is 0. The summed E-state index contributed by atoms with van der Waals surface area (Å²) in [5.41, 5.74) is 15.3. The van der Waals surface area contributed by atoms with Gasteiger partial charge in [-0.3, -0.25) is 0 Å². The van der Waals surface area contributed by atoms with Crippen molar-refractivity contribution in [3.63, 3.8) is 0 Å². The van der Waals surface area contributed by atoms with E-state index in [2.05, 4.69) is 199 Å². The van der Waals surface area contributed by atoms with Crippen LogP contribution in [0.15, 0.2) is 231 Å². The average molecular weight is 779 g/mol. The van der Waals surface area contributed by atoms with Gasteiger partial charge in [0.25, 0.3) is 0 Å². The monoisotopic (exact) mass is 778 g/mol. The Morgan fingerprint density at radius 1 is 0.262 bits per heavy atom. The van der Waals surface area contributed by atoms with Crippen molar-refractivity contribution in [1.29, 1.82) is 0 Å². The third kappa shape index (κ3) is 6.86. The van der Waals surface area contributed by atoms with E-state index in [-0.39, 0.29) is 0 Å². The minimum absolute atomic E-state index is 0.614. The summed E-state index contributed by atoms with van der Waals surface area (Å²) >= 11 is 0. The van der Waals surface area contributed by atoms with Gasteiger partial charge in [0.15, 0.2) is 17.5 Å². The maximum Gasteiger partial charge on any atom is 0.164 e. The molecule has 2 aromatic heterocycles. The average Bonchev–Trinajstić information content (AvgIpc) is 3.68. The Bertz CT molecular complexity index is 3190. The van der Waals surface area contributed by atoms with E-state index in [0.29, 0.717) is 17.5 Å². The second-order valence-electron chi connectivity index (χ2n) is 15.3. The highest BCUT2D eigenvalue weighted by molar-refractivity contribution is 6.17. The van der Waals surface area contributed by atoms with Gasteiger partial charge in [-0.05, 0) is 80.9 Å². The zero-order valence-corrected chi connectivity index (χ0v) is 33.2. The first-order valence-corrected chi connectivity index (χ1v) is 20.6. The predicted octanol–water partition coefficient (Wildman–Crippen LogP) is 14.6. The SMILES string of the molecule is c1ccc(-c2cc(-c3ccccc3)cc(-n3c4cc(-c5nc(-c6ccccc6)nc(-c6ccccc6)n5)ccc4c4c(-c5ccccc5)cc(-c5ccccc5)cc43)c2)cc1. The third-order valence-electron chi connectivity index (χ3n) is 11.4. The number of fused-ring (bicyclic) bond motifs is 3. The Labute approximate surface area is 354 Å². The fraction of sp³-hybridized carbons (Fsp3) is 0. The van der Waals surface area contributed by atoms with E-state index in [4.69, 9.17) is 15.0 Å². The molecule has 0 aliphatic carbocycles. The summed E-state index contributed by atoms with van der Waals surface area (Å²) in [6, 6.07) is 81.5. The normalized spacial score (nSPS) is 11.3. The Kier molecular flexibility index (Phi) is 9.14. The first kappa shape index (κ1) is 35.9. The molecular formula is C57H38N4. The lowest BCUT2D eigenvalue weighted by atomic mass is 9.94. The van der Waals surface area contributed by atoms with Crippen LogP contribution in [-0.2, 0) is 0 Å². The first-order chi connectivity index (χ1) is 30.2. The number of benzene rings is 9. The fourth-order valence-corrected chi connectivity index (χ4v) is 8.48. The van der Waals surface area contributed by atoms with Crippen molar-refractivity contribution in [2.45, 2.75) is 0 Å². The molecule has 0 radical (unpaired) electrons. The van der Waals surface area contributed by atoms with E-state index < -0.39 is 0 Å². The quantitative estimate of drug-likeness (QED) is 0.154. The minimum Gasteiger partial charge on any atom is -0.309 e. The van der Waals surface area contributed by atoms with E-state index in [1.54, 1.807) is 0 Å². The van der Waals surface area contributed by atoms with Crippen molar-refractivity contribution in [3.8, 4) is 84.4 Å². The maximum atomic E-state index is 5.16. The number of nitrogens with zero attached hydrogens (tertiary/aromatic N) is 4. The van der Waals surface area contributed by atoms with Crippen molar-refractivity contribution in [1.82, 2.24) is 19.5 Å². The number of hydrogen-bond donors (Lipinski definition) is 0. The minimum atomic E-state index is 0.614. The van der Waals surface area contributed by atoms with Crippen molar-refractivity contribution in [3.05, 3.63) is 231 Å². The van der Waals surface area contributed by atoms with Gasteiger partial charge in [0.2, 0.25) is 0 Å². The summed E-state index contributed by atoms with van der Waals surface area (Å²) in [4.78, 5) is 15.3. The van der Waals surface area contributed by atoms with E-state index >= 15 is 0 Å². The molecule has 2 heterocycles. The van der Waals surface area contributed by atoms with Gasteiger partial charge in [-0.1, -0.05) is 194 Å². The summed E-state index contributed by atoms with van der Waals surface area (Å²) in [7, 11) is 0. The molecule has 0 aliphatic heterocycles. The van der Waals surface area contributed by atoms with Gasteiger partial charge in [-0.15, -0.1) is 0 Å². The highest BCUT2D eigenvalue weighted by atomic mass is 15.0. The number of aromatic nitrogens is 4. The van der Waals surface area contributed by atoms with Crippen LogP contribution in [-0.4, -0.2) is 19.5 Å². The lowest BCUT2D eigenvalue weighted by Gasteiger charge is -2.15. The summed E-state index contributed by atoms with van der Waals surface area (Å²) in [5, 5.41) is 2.33. The molecule has 0 unspecified atom stereocenters. The molecule has 0 saturated heterocycles. The van der Waals surface area contributed by atoms with Gasteiger partial charge >= 0.3 is 0 Å². The van der Waals surface area contributed by atoms with Crippen LogP contribution in [0, 0.1) is 0 Å². The molecule has 0 atom stereocenters. The molecule has 0 bridgehead atoms. The van der Waals surface area contributed by atoms with Gasteiger partial charge in [-0.2, -0.15) is 0 Å². The van der Waals surface area contributed by atoms with Crippen LogP contribution >= 0.6 is 0 Å². The van der Waals surface area contributed by atoms with E-state index in [0.717, 1.165) is 77.7 Å². The standard InChI is InChI=1S/C57H38N4/c1-7-19-39(20-8-1)46-33-47(40-21-9-2-10-22-40)35-49(34-46)61-52-37-45(57-59-55(43-27-15-5-16-28-43)58-56(60-57)44-29-17-6-18-30-44)31-32-50(52)54-51(42-25-13-4-14-26-42)36-48(38-53(54)61)41-23-11-3-12-24-41/h1-38H. The number of rotatable bonds is 8. The van der Waals surface area contributed by atoms with Gasteiger partial charge < -0.3 is 4.57 Å². The molecule has 0 spiro atoms. The molecule has 61 heavy (non-hydrogen) atoms. The molecule has 0 amide bonds. The lowest BCUT2D eigenvalue weighted by molar-refractivity contribution is 1.07. The van der Waals surface area contributed by atoms with Crippen LogP contribution in [0.3, 0.4) is 0 Å². The molecule has 4 nitrogen and oxygen atoms in total. The molecule has 286 valence electrons. The zero-order valence-electron chi connectivity index (χ0n) is 33.2. The molecule has 9 aromatic carbocycles. The molecule has 0 saturated carbocycles. The smallest absolute Gasteiger partial charge is 0.164 e. The Morgan fingerprint density at radius 2 is 0.639 bits per heavy atom. The van der Waals surface area contributed by atoms with Crippen LogP contribution in [0.4, 0.5) is 0 Å². The molecule has 0 aliphatic rings. The number of hydrogen-bond acceptors (Lipinski definition) is 3. The Morgan fingerprint density at radius 3 is 1.10 bits per heavy atom. The topological polar surface area (TPSA) is 43.6 Å². The van der Waals surface area contributed by atoms with Gasteiger partial charge in [0.1, 0.15) is 0 Å². The highest BCUT2D eigenvalue weighted by Crippen LogP contribution is 2.44. The summed E-state index contributed by atoms with van der Waals surface area (Å²) in [6.07, 6.45) is 0. The van der Waals surface area contributed by atoms with Crippen LogP contribution in [0.1, 0.15) is 0 Å². The highest BCUT2D eigenvalue weighted by Gasteiger charge is 2.21. The second-order valence-corrected chi connectivity index (χ2v) is 15.3. The maximum absolute atomic E-state index is 5.16. The zero-order chi connectivity index (χ0) is 40.5. The Balaban J connectivity index is 1.24. The van der Waals surface area contributed by atoms with Gasteiger partial charge in [0.05, 0.1) is 11.0 Å². The fourth-order valence-electron chi connectivity index (χ4n) is 8.48. The van der Waals surface area contributed by atoms with Gasteiger partial charge in [0, 0.05) is 33.2 Å². The molecule has 0 N–H and O–H groups in total. The Hall–Kier alpha value is -8.21. The summed E-state index contributed by atoms with van der Waals surface area (Å²) < 4.78 is 2.45. The van der Waals surface area contributed by atoms with Crippen LogP contribution in [0.5, 0.6) is 0 Å². The van der Waals surface area contributed by atoms with E-state index in [9.17, 15) is 0 Å². The van der Waals surface area contributed by atoms with Crippen LogP contribution in [0.2, 0.25) is 0 Å². The van der Waals surface area contributed by atoms with Gasteiger partial charge in [-0.25, -0.2) is 15.0 Å². The van der Waals surface area contributed by atoms with Crippen LogP contribution < -0.4 is 0 Å². The summed E-state index contributed by atoms with van der Waals surface area (Å²) in [5.74, 6) is 1.88. The molecule has 0 fully saturated rings. The van der Waals surface area contributed by atoms with Crippen molar-refractivity contribution in [2.75, 3.05) is 0 Å². The van der Waals surface area contributed by atoms with E-state index in [1.807, 2.05) is 36.4 Å². The van der Waals surface area contributed by atoms with E-state index in [1.165, 1.54) is 10.9 Å². The van der Waals surface area contributed by atoms with Crippen molar-refractivity contribution >= 4 is 21.8 Å². The first-order valence-electron chi connectivity index (χ1n) is 20.6. The molecule has 11 aromatic rings. The predicted molar refractivity (Wildman–Crippen MR) is 252 cm³/mol. The third-order valence-corrected chi connectivity index (χ3v) is 11.4.